The minimum absolute atomic E-state index is 0.212. The molecule has 6 heteroatoms. The van der Waals surface area contributed by atoms with Gasteiger partial charge in [-0.25, -0.2) is 4.79 Å². The van der Waals surface area contributed by atoms with E-state index in [1.807, 2.05) is 43.3 Å². The number of benzene rings is 2. The zero-order valence-corrected chi connectivity index (χ0v) is 16.5. The number of nitrogens with zero attached hydrogens (tertiary/aromatic N) is 1. The Balaban J connectivity index is 2.34. The second-order valence-electron chi connectivity index (χ2n) is 6.64. The molecule has 0 aliphatic rings. The molecule has 6 nitrogen and oxygen atoms in total. The fourth-order valence-corrected chi connectivity index (χ4v) is 3.15. The van der Waals surface area contributed by atoms with Gasteiger partial charge in [-0.3, -0.25) is 4.79 Å². The number of nitrogens with two attached hydrogens (primary N) is 1. The number of esters is 1. The summed E-state index contributed by atoms with van der Waals surface area (Å²) >= 11 is 0. The number of carbonyl (C=O) groups excluding carboxylic acids is 2. The highest BCUT2D eigenvalue weighted by atomic mass is 16.5. The lowest BCUT2D eigenvalue weighted by Gasteiger charge is -2.36. The van der Waals surface area contributed by atoms with Crippen LogP contribution in [0.3, 0.4) is 0 Å². The number of aliphatic hydroxyl groups excluding tert-OH is 1. The third-order valence-corrected chi connectivity index (χ3v) is 4.77. The molecule has 4 atom stereocenters. The van der Waals surface area contributed by atoms with Gasteiger partial charge in [0.1, 0.15) is 18.2 Å². The minimum Gasteiger partial charge on any atom is -0.464 e. The Hall–Kier alpha value is -2.70. The molecule has 3 N–H and O–H groups in total. The molecule has 1 amide bonds. The van der Waals surface area contributed by atoms with E-state index in [1.165, 1.54) is 4.90 Å². The monoisotopic (exact) mass is 384 g/mol. The van der Waals surface area contributed by atoms with Crippen LogP contribution in [0.1, 0.15) is 44.0 Å². The van der Waals surface area contributed by atoms with Crippen LogP contribution in [0, 0.1) is 0 Å². The Morgan fingerprint density at radius 1 is 1.00 bits per heavy atom. The van der Waals surface area contributed by atoms with Gasteiger partial charge in [-0.05, 0) is 31.9 Å². The third kappa shape index (κ3) is 4.97. The zero-order chi connectivity index (χ0) is 20.7. The van der Waals surface area contributed by atoms with E-state index in [0.717, 1.165) is 5.56 Å². The Morgan fingerprint density at radius 3 is 2.00 bits per heavy atom. The van der Waals surface area contributed by atoms with Gasteiger partial charge in [0.2, 0.25) is 5.91 Å². The van der Waals surface area contributed by atoms with Crippen molar-refractivity contribution in [2.75, 3.05) is 6.61 Å². The van der Waals surface area contributed by atoms with Crippen molar-refractivity contribution in [3.05, 3.63) is 71.8 Å². The second-order valence-corrected chi connectivity index (χ2v) is 6.64. The standard InChI is InChI=1S/C22H28N2O4/c1-4-28-22(27)16(3)24(15(2)17-11-7-5-8-12-17)21(26)19(23)20(25)18-13-9-6-10-14-18/h5-16,19-20,25H,4,23H2,1-3H3/t15-,16+,19-,20-/m0/s1. The highest BCUT2D eigenvalue weighted by Crippen LogP contribution is 2.26. The van der Waals surface area contributed by atoms with Crippen molar-refractivity contribution in [1.29, 1.82) is 0 Å². The van der Waals surface area contributed by atoms with Crippen molar-refractivity contribution in [2.45, 2.75) is 45.0 Å². The van der Waals surface area contributed by atoms with Gasteiger partial charge in [0.15, 0.2) is 0 Å². The number of rotatable bonds is 8. The summed E-state index contributed by atoms with van der Waals surface area (Å²) in [6.45, 7) is 5.35. The lowest BCUT2D eigenvalue weighted by molar-refractivity contribution is -0.157. The van der Waals surface area contributed by atoms with Gasteiger partial charge in [0.25, 0.3) is 0 Å². The summed E-state index contributed by atoms with van der Waals surface area (Å²) in [5.74, 6) is -1.03. The summed E-state index contributed by atoms with van der Waals surface area (Å²) in [7, 11) is 0. The predicted molar refractivity (Wildman–Crippen MR) is 107 cm³/mol. The average molecular weight is 384 g/mol. The smallest absolute Gasteiger partial charge is 0.328 e. The molecule has 0 spiro atoms. The molecular formula is C22H28N2O4. The van der Waals surface area contributed by atoms with E-state index >= 15 is 0 Å². The summed E-state index contributed by atoms with van der Waals surface area (Å²) < 4.78 is 5.11. The van der Waals surface area contributed by atoms with Crippen LogP contribution in [-0.2, 0) is 14.3 Å². The van der Waals surface area contributed by atoms with Crippen LogP contribution in [0.4, 0.5) is 0 Å². The van der Waals surface area contributed by atoms with Crippen molar-refractivity contribution in [2.24, 2.45) is 5.73 Å². The molecule has 2 rings (SSSR count). The van der Waals surface area contributed by atoms with Gasteiger partial charge in [-0.1, -0.05) is 60.7 Å². The molecule has 0 fully saturated rings. The van der Waals surface area contributed by atoms with Crippen molar-refractivity contribution in [1.82, 2.24) is 4.90 Å². The Bertz CT molecular complexity index is 767. The third-order valence-electron chi connectivity index (χ3n) is 4.77. The van der Waals surface area contributed by atoms with E-state index < -0.39 is 36.1 Å². The average Bonchev–Trinajstić information content (AvgIpc) is 2.73. The van der Waals surface area contributed by atoms with E-state index in [4.69, 9.17) is 10.5 Å². The first-order chi connectivity index (χ1) is 13.4. The van der Waals surface area contributed by atoms with Gasteiger partial charge in [-0.15, -0.1) is 0 Å². The Kier molecular flexibility index (Phi) is 7.72. The quantitative estimate of drug-likeness (QED) is 0.683. The number of hydrogen-bond acceptors (Lipinski definition) is 5. The van der Waals surface area contributed by atoms with Gasteiger partial charge in [0, 0.05) is 0 Å². The van der Waals surface area contributed by atoms with Gasteiger partial charge >= 0.3 is 5.97 Å². The maximum atomic E-state index is 13.3. The van der Waals surface area contributed by atoms with E-state index in [2.05, 4.69) is 0 Å². The molecular weight excluding hydrogens is 356 g/mol. The fraction of sp³-hybridized carbons (Fsp3) is 0.364. The van der Waals surface area contributed by atoms with Crippen LogP contribution in [0.25, 0.3) is 0 Å². The molecule has 0 heterocycles. The normalized spacial score (nSPS) is 15.2. The summed E-state index contributed by atoms with van der Waals surface area (Å²) in [5.41, 5.74) is 7.52. The summed E-state index contributed by atoms with van der Waals surface area (Å²) in [5, 5.41) is 10.6. The van der Waals surface area contributed by atoms with Crippen molar-refractivity contribution in [3.8, 4) is 0 Å². The van der Waals surface area contributed by atoms with Gasteiger partial charge in [0.05, 0.1) is 12.6 Å². The van der Waals surface area contributed by atoms with Crippen molar-refractivity contribution in [3.63, 3.8) is 0 Å². The number of ether oxygens (including phenoxy) is 1. The Labute approximate surface area is 165 Å². The molecule has 0 saturated heterocycles. The molecule has 0 aliphatic carbocycles. The molecule has 0 radical (unpaired) electrons. The maximum absolute atomic E-state index is 13.3. The summed E-state index contributed by atoms with van der Waals surface area (Å²) in [4.78, 5) is 27.0. The van der Waals surface area contributed by atoms with E-state index in [9.17, 15) is 14.7 Å². The fourth-order valence-electron chi connectivity index (χ4n) is 3.15. The summed E-state index contributed by atoms with van der Waals surface area (Å²) in [6, 6.07) is 15.6. The number of hydrogen-bond donors (Lipinski definition) is 2. The van der Waals surface area contributed by atoms with Crippen LogP contribution < -0.4 is 5.73 Å². The molecule has 150 valence electrons. The number of carbonyl (C=O) groups is 2. The van der Waals surface area contributed by atoms with Gasteiger partial charge < -0.3 is 20.5 Å². The molecule has 0 bridgehead atoms. The lowest BCUT2D eigenvalue weighted by Crippen LogP contribution is -2.53. The molecule has 0 aliphatic heterocycles. The van der Waals surface area contributed by atoms with Crippen molar-refractivity contribution >= 4 is 11.9 Å². The van der Waals surface area contributed by atoms with Crippen LogP contribution >= 0.6 is 0 Å². The van der Waals surface area contributed by atoms with Crippen LogP contribution in [0.5, 0.6) is 0 Å². The predicted octanol–water partition coefficient (Wildman–Crippen LogP) is 2.59. The SMILES string of the molecule is CCOC(=O)[C@@H](C)N(C(=O)[C@@H](N)[C@@H](O)c1ccccc1)[C@@H](C)c1ccccc1. The molecule has 0 saturated carbocycles. The lowest BCUT2D eigenvalue weighted by atomic mass is 9.98. The maximum Gasteiger partial charge on any atom is 0.328 e. The van der Waals surface area contributed by atoms with Crippen LogP contribution in [0.2, 0.25) is 0 Å². The zero-order valence-electron chi connectivity index (χ0n) is 16.5. The number of amides is 1. The van der Waals surface area contributed by atoms with Crippen LogP contribution in [-0.4, -0.2) is 40.6 Å². The molecule has 0 unspecified atom stereocenters. The molecule has 28 heavy (non-hydrogen) atoms. The van der Waals surface area contributed by atoms with Crippen LogP contribution in [0.15, 0.2) is 60.7 Å². The molecule has 2 aromatic carbocycles. The largest absolute Gasteiger partial charge is 0.464 e. The highest BCUT2D eigenvalue weighted by molar-refractivity contribution is 5.88. The van der Waals surface area contributed by atoms with Gasteiger partial charge in [-0.2, -0.15) is 0 Å². The molecule has 2 aromatic rings. The van der Waals surface area contributed by atoms with Crippen molar-refractivity contribution < 1.29 is 19.4 Å². The van der Waals surface area contributed by atoms with E-state index in [1.54, 1.807) is 38.1 Å². The minimum atomic E-state index is -1.22. The first-order valence-corrected chi connectivity index (χ1v) is 9.40. The van der Waals surface area contributed by atoms with E-state index in [-0.39, 0.29) is 6.61 Å². The highest BCUT2D eigenvalue weighted by Gasteiger charge is 2.37. The first kappa shape index (κ1) is 21.6. The first-order valence-electron chi connectivity index (χ1n) is 9.40. The second kappa shape index (κ2) is 10.0. The molecule has 0 aromatic heterocycles. The van der Waals surface area contributed by atoms with E-state index in [0.29, 0.717) is 5.56 Å². The number of aliphatic hydroxyl groups is 1. The topological polar surface area (TPSA) is 92.9 Å². The summed E-state index contributed by atoms with van der Waals surface area (Å²) in [6.07, 6.45) is -1.19. The Morgan fingerprint density at radius 2 is 1.50 bits per heavy atom.